The van der Waals surface area contributed by atoms with Crippen molar-refractivity contribution in [2.75, 3.05) is 6.61 Å². The molecular formula is C29H46O2Si. The molecule has 3 rings (SSSR count). The maximum absolute atomic E-state index is 12.0. The predicted octanol–water partition coefficient (Wildman–Crippen LogP) is 8.25. The van der Waals surface area contributed by atoms with E-state index in [0.717, 1.165) is 17.8 Å². The Morgan fingerprint density at radius 2 is 1.53 bits per heavy atom. The quantitative estimate of drug-likeness (QED) is 0.331. The first-order chi connectivity index (χ1) is 14.8. The molecule has 2 saturated carbocycles. The summed E-state index contributed by atoms with van der Waals surface area (Å²) in [6.45, 7) is 22.4. The molecule has 0 radical (unpaired) electrons. The number of carbonyl (C=O) groups excluding carboxylic acids is 1. The van der Waals surface area contributed by atoms with E-state index in [9.17, 15) is 4.79 Å². The van der Waals surface area contributed by atoms with Gasteiger partial charge in [-0.3, -0.25) is 0 Å². The predicted molar refractivity (Wildman–Crippen MR) is 139 cm³/mol. The van der Waals surface area contributed by atoms with Crippen LogP contribution in [0.5, 0.6) is 0 Å². The Labute approximate surface area is 198 Å². The molecule has 1 aromatic carbocycles. The topological polar surface area (TPSA) is 26.3 Å². The zero-order valence-corrected chi connectivity index (χ0v) is 23.0. The van der Waals surface area contributed by atoms with Gasteiger partial charge in [0, 0.05) is 0 Å². The third-order valence-electron chi connectivity index (χ3n) is 8.74. The zero-order valence-electron chi connectivity index (χ0n) is 22.0. The fourth-order valence-electron chi connectivity index (χ4n) is 6.56. The molecule has 0 aromatic heterocycles. The normalized spacial score (nSPS) is 29.8. The van der Waals surface area contributed by atoms with Crippen molar-refractivity contribution >= 4 is 20.1 Å². The zero-order chi connectivity index (χ0) is 23.9. The average molecular weight is 455 g/mol. The van der Waals surface area contributed by atoms with E-state index in [1.165, 1.54) is 31.2 Å². The van der Waals surface area contributed by atoms with Crippen molar-refractivity contribution in [1.29, 1.82) is 0 Å². The second-order valence-electron chi connectivity index (χ2n) is 12.9. The Morgan fingerprint density at radius 3 is 2.03 bits per heavy atom. The van der Waals surface area contributed by atoms with E-state index < -0.39 is 8.07 Å². The molecule has 32 heavy (non-hydrogen) atoms. The fraction of sp³-hybridized carbons (Fsp3) is 0.690. The van der Waals surface area contributed by atoms with Gasteiger partial charge in [-0.15, -0.1) is 0 Å². The molecule has 0 N–H and O–H groups in total. The molecule has 0 spiro atoms. The maximum atomic E-state index is 12.0. The number of esters is 1. The van der Waals surface area contributed by atoms with Gasteiger partial charge in [0.25, 0.3) is 0 Å². The van der Waals surface area contributed by atoms with Crippen LogP contribution < -0.4 is 0 Å². The van der Waals surface area contributed by atoms with Crippen molar-refractivity contribution in [3.05, 3.63) is 40.6 Å². The van der Waals surface area contributed by atoms with Gasteiger partial charge < -0.3 is 4.74 Å². The van der Waals surface area contributed by atoms with Crippen molar-refractivity contribution < 1.29 is 9.53 Å². The lowest BCUT2D eigenvalue weighted by Gasteiger charge is -2.58. The van der Waals surface area contributed by atoms with Gasteiger partial charge in [-0.25, -0.2) is 4.79 Å². The highest BCUT2D eigenvalue weighted by atomic mass is 28.3. The largest absolute Gasteiger partial charge is 0.462 e. The van der Waals surface area contributed by atoms with E-state index in [1.54, 1.807) is 5.20 Å². The van der Waals surface area contributed by atoms with Crippen LogP contribution in [-0.4, -0.2) is 20.7 Å². The molecule has 0 amide bonds. The first-order valence-corrected chi connectivity index (χ1v) is 16.3. The smallest absolute Gasteiger partial charge is 0.338 e. The average Bonchev–Trinajstić information content (AvgIpc) is 2.69. The highest BCUT2D eigenvalue weighted by molar-refractivity contribution is 6.83. The molecule has 2 aliphatic rings. The minimum absolute atomic E-state index is 0.234. The van der Waals surface area contributed by atoms with E-state index in [2.05, 4.69) is 72.5 Å². The van der Waals surface area contributed by atoms with Gasteiger partial charge in [-0.05, 0) is 84.8 Å². The number of hydrogen-bond acceptors (Lipinski definition) is 2. The van der Waals surface area contributed by atoms with E-state index in [0.29, 0.717) is 28.9 Å². The third kappa shape index (κ3) is 5.24. The Kier molecular flexibility index (Phi) is 7.20. The first-order valence-electron chi connectivity index (χ1n) is 12.8. The summed E-state index contributed by atoms with van der Waals surface area (Å²) < 4.78 is 5.15. The number of carbonyl (C=O) groups is 1. The van der Waals surface area contributed by atoms with Crippen LogP contribution in [0.1, 0.15) is 83.1 Å². The minimum Gasteiger partial charge on any atom is -0.462 e. The van der Waals surface area contributed by atoms with Gasteiger partial charge >= 0.3 is 5.97 Å². The highest BCUT2D eigenvalue weighted by Crippen LogP contribution is 2.60. The van der Waals surface area contributed by atoms with Crippen LogP contribution in [0, 0.1) is 34.5 Å². The number of fused-ring (bicyclic) bond motifs is 1. The van der Waals surface area contributed by atoms with Gasteiger partial charge in [-0.2, -0.15) is 0 Å². The summed E-state index contributed by atoms with van der Waals surface area (Å²) in [5.41, 5.74) is 2.75. The summed E-state index contributed by atoms with van der Waals surface area (Å²) in [5, 5.41) is 1.70. The number of rotatable bonds is 5. The highest BCUT2D eigenvalue weighted by Gasteiger charge is 2.52. The third-order valence-corrected chi connectivity index (χ3v) is 11.0. The molecule has 0 heterocycles. The fourth-order valence-corrected chi connectivity index (χ4v) is 8.68. The Morgan fingerprint density at radius 1 is 1.00 bits per heavy atom. The monoisotopic (exact) mass is 454 g/mol. The second kappa shape index (κ2) is 9.12. The van der Waals surface area contributed by atoms with Crippen LogP contribution in [0.15, 0.2) is 29.5 Å². The lowest BCUT2D eigenvalue weighted by Crippen LogP contribution is -2.50. The van der Waals surface area contributed by atoms with Crippen LogP contribution in [0.2, 0.25) is 19.6 Å². The SMILES string of the molecule is CCOC(=O)c1ccc(C=C(C2CC3C(CC2C)C(C)(C)CCC3(C)C)[Si](C)(C)C)cc1. The molecule has 0 saturated heterocycles. The Balaban J connectivity index is 1.93. The van der Waals surface area contributed by atoms with E-state index >= 15 is 0 Å². The standard InChI is InChI=1S/C29H46O2Si/c1-10-31-27(30)22-13-11-21(12-14-22)18-26(32(7,8)9)23-19-25-24(17-20(23)2)28(3,4)15-16-29(25,5)6/h11-14,18,20,23-25H,10,15-17,19H2,1-9H3. The summed E-state index contributed by atoms with van der Waals surface area (Å²) in [7, 11) is -1.52. The summed E-state index contributed by atoms with van der Waals surface area (Å²) in [4.78, 5) is 12.0. The molecule has 0 bridgehead atoms. The van der Waals surface area contributed by atoms with Crippen LogP contribution >= 0.6 is 0 Å². The first kappa shape index (κ1) is 25.3. The molecule has 4 unspecified atom stereocenters. The lowest BCUT2D eigenvalue weighted by atomic mass is 9.48. The molecule has 178 valence electrons. The second-order valence-corrected chi connectivity index (χ2v) is 18.0. The molecule has 3 heteroatoms. The van der Waals surface area contributed by atoms with Crippen LogP contribution in [0.4, 0.5) is 0 Å². The summed E-state index contributed by atoms with van der Waals surface area (Å²) in [6.07, 6.45) is 7.88. The molecule has 1 aromatic rings. The molecule has 4 atom stereocenters. The van der Waals surface area contributed by atoms with Crippen LogP contribution in [-0.2, 0) is 4.74 Å². The van der Waals surface area contributed by atoms with Crippen LogP contribution in [0.25, 0.3) is 6.08 Å². The van der Waals surface area contributed by atoms with E-state index in [4.69, 9.17) is 4.74 Å². The minimum atomic E-state index is -1.52. The molecular weight excluding hydrogens is 408 g/mol. The van der Waals surface area contributed by atoms with Crippen molar-refractivity contribution in [3.63, 3.8) is 0 Å². The van der Waals surface area contributed by atoms with Crippen molar-refractivity contribution in [3.8, 4) is 0 Å². The van der Waals surface area contributed by atoms with E-state index in [-0.39, 0.29) is 5.97 Å². The molecule has 2 nitrogen and oxygen atoms in total. The molecule has 2 fully saturated rings. The number of allylic oxidation sites excluding steroid dienone is 1. The van der Waals surface area contributed by atoms with Crippen molar-refractivity contribution in [1.82, 2.24) is 0 Å². The summed E-state index contributed by atoms with van der Waals surface area (Å²) in [5.74, 6) is 2.80. The van der Waals surface area contributed by atoms with Gasteiger partial charge in [0.05, 0.1) is 20.2 Å². The number of benzene rings is 1. The Bertz CT molecular complexity index is 841. The maximum Gasteiger partial charge on any atom is 0.338 e. The van der Waals surface area contributed by atoms with Crippen LogP contribution in [0.3, 0.4) is 0 Å². The summed E-state index contributed by atoms with van der Waals surface area (Å²) in [6, 6.07) is 8.02. The van der Waals surface area contributed by atoms with Gasteiger partial charge in [-0.1, -0.05) is 77.7 Å². The summed E-state index contributed by atoms with van der Waals surface area (Å²) >= 11 is 0. The van der Waals surface area contributed by atoms with Gasteiger partial charge in [0.15, 0.2) is 0 Å². The Hall–Kier alpha value is -1.35. The molecule has 2 aliphatic carbocycles. The number of ether oxygens (including phenoxy) is 1. The van der Waals surface area contributed by atoms with Crippen molar-refractivity contribution in [2.45, 2.75) is 86.9 Å². The van der Waals surface area contributed by atoms with Gasteiger partial charge in [0.1, 0.15) is 0 Å². The lowest BCUT2D eigenvalue weighted by molar-refractivity contribution is -0.0686. The number of hydrogen-bond donors (Lipinski definition) is 0. The van der Waals surface area contributed by atoms with E-state index in [1.807, 2.05) is 19.1 Å². The van der Waals surface area contributed by atoms with Crippen molar-refractivity contribution in [2.24, 2.45) is 34.5 Å². The van der Waals surface area contributed by atoms with Gasteiger partial charge in [0.2, 0.25) is 0 Å². The molecule has 0 aliphatic heterocycles.